The molecular weight excluding hydrogens is 232 g/mol. The summed E-state index contributed by atoms with van der Waals surface area (Å²) >= 11 is 0. The van der Waals surface area contributed by atoms with Crippen molar-refractivity contribution < 1.29 is 41.0 Å². The second-order valence-electron chi connectivity index (χ2n) is 1.96. The van der Waals surface area contributed by atoms with E-state index in [0.717, 1.165) is 0 Å². The molecular formula is C8H8ClFOZn-. The van der Waals surface area contributed by atoms with E-state index in [1.54, 1.807) is 6.08 Å². The summed E-state index contributed by atoms with van der Waals surface area (Å²) in [5.41, 5.74) is 0.572. The van der Waals surface area contributed by atoms with Crippen molar-refractivity contribution in [2.45, 2.75) is 0 Å². The zero-order valence-corrected chi connectivity index (χ0v) is 10.5. The Morgan fingerprint density at radius 1 is 1.42 bits per heavy atom. The topological polar surface area (TPSA) is 9.23 Å². The third-order valence-electron chi connectivity index (χ3n) is 1.24. The Kier molecular flexibility index (Phi) is 7.91. The van der Waals surface area contributed by atoms with Crippen LogP contribution in [0.15, 0.2) is 36.2 Å². The monoisotopic (exact) mass is 238 g/mol. The maximum Gasteiger partial charge on any atom is 0.147 e. The van der Waals surface area contributed by atoms with Crippen LogP contribution in [0.4, 0.5) is 4.39 Å². The summed E-state index contributed by atoms with van der Waals surface area (Å²) in [5.74, 6) is -0.286. The van der Waals surface area contributed by atoms with Gasteiger partial charge in [0.25, 0.3) is 0 Å². The van der Waals surface area contributed by atoms with Gasteiger partial charge in [0.15, 0.2) is 0 Å². The molecule has 0 aromatic rings. The Labute approximate surface area is 90.5 Å². The molecule has 0 aromatic heterocycles. The molecule has 1 aliphatic carbocycles. The number of hydrogen-bond donors (Lipinski definition) is 0. The van der Waals surface area contributed by atoms with Crippen molar-refractivity contribution in [3.8, 4) is 0 Å². The van der Waals surface area contributed by atoms with Crippen LogP contribution in [0.1, 0.15) is 0 Å². The fraction of sp³-hybridized carbons (Fsp3) is 0.125. The molecule has 0 atom stereocenters. The molecule has 0 aliphatic heterocycles. The van der Waals surface area contributed by atoms with E-state index in [2.05, 4.69) is 6.58 Å². The molecule has 0 heterocycles. The van der Waals surface area contributed by atoms with Crippen molar-refractivity contribution in [1.29, 1.82) is 0 Å². The first kappa shape index (κ1) is 14.5. The number of ether oxygens (including phenoxy) is 1. The molecule has 0 N–H and O–H groups in total. The fourth-order valence-corrected chi connectivity index (χ4v) is 0.747. The van der Waals surface area contributed by atoms with Gasteiger partial charge in [-0.25, -0.2) is 4.39 Å². The largest absolute Gasteiger partial charge is 1.00 e. The minimum atomic E-state index is -0.286. The molecule has 0 saturated heterocycles. The predicted octanol–water partition coefficient (Wildman–Crippen LogP) is -0.854. The summed E-state index contributed by atoms with van der Waals surface area (Å²) in [5, 5.41) is 0. The summed E-state index contributed by atoms with van der Waals surface area (Å²) in [6.45, 7) is 3.59. The predicted molar refractivity (Wildman–Crippen MR) is 37.7 cm³/mol. The SMILES string of the molecule is C=C1C=C(F)C=C[C]1OC.[Cl-].[Zn]. The van der Waals surface area contributed by atoms with Gasteiger partial charge in [0.05, 0.1) is 0 Å². The van der Waals surface area contributed by atoms with Gasteiger partial charge in [-0.3, -0.25) is 0 Å². The van der Waals surface area contributed by atoms with Crippen LogP contribution in [-0.4, -0.2) is 7.11 Å². The maximum atomic E-state index is 12.4. The summed E-state index contributed by atoms with van der Waals surface area (Å²) in [6, 6.07) is 0. The number of halogens is 2. The van der Waals surface area contributed by atoms with Gasteiger partial charge in [-0.15, -0.1) is 0 Å². The number of hydrogen-bond acceptors (Lipinski definition) is 1. The molecule has 4 heteroatoms. The smallest absolute Gasteiger partial charge is 0.147 e. The zero-order valence-electron chi connectivity index (χ0n) is 6.81. The minimum absolute atomic E-state index is 0. The van der Waals surface area contributed by atoms with Crippen LogP contribution in [0.5, 0.6) is 0 Å². The molecule has 1 rings (SSSR count). The molecule has 0 unspecified atom stereocenters. The van der Waals surface area contributed by atoms with E-state index in [4.69, 9.17) is 4.74 Å². The molecule has 12 heavy (non-hydrogen) atoms. The Balaban J connectivity index is 0. The van der Waals surface area contributed by atoms with Crippen LogP contribution >= 0.6 is 0 Å². The molecule has 1 nitrogen and oxygen atoms in total. The van der Waals surface area contributed by atoms with Crippen molar-refractivity contribution in [1.82, 2.24) is 0 Å². The molecule has 0 bridgehead atoms. The van der Waals surface area contributed by atoms with Crippen molar-refractivity contribution in [3.05, 3.63) is 42.3 Å². The minimum Gasteiger partial charge on any atom is -1.00 e. The number of allylic oxidation sites excluding steroid dienone is 2. The van der Waals surface area contributed by atoms with Crippen molar-refractivity contribution in [3.63, 3.8) is 0 Å². The van der Waals surface area contributed by atoms with E-state index < -0.39 is 0 Å². The normalized spacial score (nSPS) is 16.2. The van der Waals surface area contributed by atoms with Gasteiger partial charge in [-0.05, 0) is 23.8 Å². The van der Waals surface area contributed by atoms with Gasteiger partial charge >= 0.3 is 0 Å². The third-order valence-corrected chi connectivity index (χ3v) is 1.24. The molecule has 0 amide bonds. The van der Waals surface area contributed by atoms with Crippen LogP contribution in [0.3, 0.4) is 0 Å². The van der Waals surface area contributed by atoms with Crippen LogP contribution in [-0.2, 0) is 24.2 Å². The first-order valence-electron chi connectivity index (χ1n) is 2.89. The van der Waals surface area contributed by atoms with Gasteiger partial charge in [0, 0.05) is 26.6 Å². The number of methoxy groups -OCH3 is 1. The summed E-state index contributed by atoms with van der Waals surface area (Å²) < 4.78 is 17.3. The van der Waals surface area contributed by atoms with Gasteiger partial charge < -0.3 is 17.1 Å². The standard InChI is InChI=1S/C8H8FO.ClH.Zn/c1-6-5-7(9)3-4-8(6)10-2;;/h3-5H,1H2,2H3;1H;/p-1. The van der Waals surface area contributed by atoms with Gasteiger partial charge in [0.2, 0.25) is 0 Å². The van der Waals surface area contributed by atoms with E-state index in [0.29, 0.717) is 11.7 Å². The Morgan fingerprint density at radius 2 is 2.00 bits per heavy atom. The average Bonchev–Trinajstić information content (AvgIpc) is 1.88. The first-order chi connectivity index (χ1) is 4.74. The molecule has 0 saturated carbocycles. The molecule has 1 radical (unpaired) electrons. The van der Waals surface area contributed by atoms with Gasteiger partial charge in [-0.2, -0.15) is 0 Å². The molecule has 0 fully saturated rings. The first-order valence-corrected chi connectivity index (χ1v) is 2.89. The average molecular weight is 240 g/mol. The van der Waals surface area contributed by atoms with Crippen molar-refractivity contribution in [2.75, 3.05) is 7.11 Å². The van der Waals surface area contributed by atoms with E-state index in [9.17, 15) is 4.39 Å². The Hall–Kier alpha value is 0.0234. The van der Waals surface area contributed by atoms with Gasteiger partial charge in [0.1, 0.15) is 11.9 Å². The van der Waals surface area contributed by atoms with Crippen molar-refractivity contribution in [2.24, 2.45) is 0 Å². The number of rotatable bonds is 1. The van der Waals surface area contributed by atoms with E-state index in [1.165, 1.54) is 19.3 Å². The van der Waals surface area contributed by atoms with Crippen LogP contribution in [0.2, 0.25) is 0 Å². The molecule has 1 aliphatic rings. The quantitative estimate of drug-likeness (QED) is 0.542. The molecule has 0 aromatic carbocycles. The van der Waals surface area contributed by atoms with Crippen LogP contribution in [0, 0.1) is 6.10 Å². The van der Waals surface area contributed by atoms with E-state index >= 15 is 0 Å². The van der Waals surface area contributed by atoms with Gasteiger partial charge in [-0.1, -0.05) is 6.58 Å². The van der Waals surface area contributed by atoms with E-state index in [-0.39, 0.29) is 37.7 Å². The molecule has 63 valence electrons. The Morgan fingerprint density at radius 3 is 2.42 bits per heavy atom. The summed E-state index contributed by atoms with van der Waals surface area (Å²) in [4.78, 5) is 0. The Bertz CT molecular complexity index is 213. The van der Waals surface area contributed by atoms with E-state index in [1.807, 2.05) is 0 Å². The summed E-state index contributed by atoms with van der Waals surface area (Å²) in [7, 11) is 1.53. The zero-order chi connectivity index (χ0) is 7.56. The third kappa shape index (κ3) is 3.62. The second-order valence-corrected chi connectivity index (χ2v) is 1.96. The van der Waals surface area contributed by atoms with Crippen molar-refractivity contribution >= 4 is 0 Å². The van der Waals surface area contributed by atoms with Crippen LogP contribution < -0.4 is 12.4 Å². The molecule has 0 spiro atoms. The maximum absolute atomic E-state index is 12.4. The second kappa shape index (κ2) is 6.53. The fourth-order valence-electron chi connectivity index (χ4n) is 0.747. The van der Waals surface area contributed by atoms with Crippen LogP contribution in [0.25, 0.3) is 0 Å². The summed E-state index contributed by atoms with van der Waals surface area (Å²) in [6.07, 6.45) is 4.84.